The predicted octanol–water partition coefficient (Wildman–Crippen LogP) is 2.24. The molecule has 0 amide bonds. The maximum atomic E-state index is 10.4. The highest BCUT2D eigenvalue weighted by Crippen LogP contribution is 2.13. The van der Waals surface area contributed by atoms with E-state index in [-0.39, 0.29) is 0 Å². The van der Waals surface area contributed by atoms with Crippen LogP contribution in [0.2, 0.25) is 0 Å². The summed E-state index contributed by atoms with van der Waals surface area (Å²) in [5.74, 6) is -0.414. The van der Waals surface area contributed by atoms with Crippen LogP contribution in [0.5, 0.6) is 0 Å². The van der Waals surface area contributed by atoms with Crippen molar-refractivity contribution in [1.29, 1.82) is 0 Å². The van der Waals surface area contributed by atoms with Crippen molar-refractivity contribution in [2.45, 2.75) is 0 Å². The van der Waals surface area contributed by atoms with Crippen molar-refractivity contribution in [2.24, 2.45) is 0 Å². The SMILES string of the molecule is O=C(O)/C=C/c1ccnc(-c2ccccc2)n1. The van der Waals surface area contributed by atoms with E-state index in [9.17, 15) is 4.79 Å². The number of carboxylic acids is 1. The van der Waals surface area contributed by atoms with Gasteiger partial charge in [0.15, 0.2) is 5.82 Å². The maximum absolute atomic E-state index is 10.4. The Morgan fingerprint density at radius 2 is 1.94 bits per heavy atom. The molecule has 2 aromatic rings. The molecule has 0 atom stereocenters. The Hall–Kier alpha value is -2.49. The zero-order chi connectivity index (χ0) is 12.1. The van der Waals surface area contributed by atoms with Gasteiger partial charge in [0.05, 0.1) is 5.69 Å². The molecule has 0 bridgehead atoms. The molecule has 17 heavy (non-hydrogen) atoms. The Balaban J connectivity index is 2.32. The number of benzene rings is 1. The molecule has 1 aromatic heterocycles. The minimum Gasteiger partial charge on any atom is -0.478 e. The van der Waals surface area contributed by atoms with Crippen LogP contribution in [-0.2, 0) is 4.79 Å². The molecule has 1 N–H and O–H groups in total. The first kappa shape index (κ1) is 11.0. The Morgan fingerprint density at radius 1 is 1.18 bits per heavy atom. The minimum atomic E-state index is -0.995. The lowest BCUT2D eigenvalue weighted by Crippen LogP contribution is -1.91. The Bertz CT molecular complexity index is 550. The molecule has 84 valence electrons. The zero-order valence-electron chi connectivity index (χ0n) is 8.95. The van der Waals surface area contributed by atoms with E-state index in [0.717, 1.165) is 11.6 Å². The van der Waals surface area contributed by atoms with Crippen molar-refractivity contribution in [3.05, 3.63) is 54.4 Å². The molecule has 1 aromatic carbocycles. The molecular weight excluding hydrogens is 216 g/mol. The first-order valence-electron chi connectivity index (χ1n) is 5.05. The third-order valence-corrected chi connectivity index (χ3v) is 2.11. The molecule has 2 rings (SSSR count). The fraction of sp³-hybridized carbons (Fsp3) is 0. The van der Waals surface area contributed by atoms with Crippen LogP contribution >= 0.6 is 0 Å². The van der Waals surface area contributed by atoms with Crippen LogP contribution in [0.4, 0.5) is 0 Å². The van der Waals surface area contributed by atoms with Crippen molar-refractivity contribution in [3.63, 3.8) is 0 Å². The topological polar surface area (TPSA) is 63.1 Å². The summed E-state index contributed by atoms with van der Waals surface area (Å²) in [6.45, 7) is 0. The van der Waals surface area contributed by atoms with Crippen LogP contribution in [0.1, 0.15) is 5.69 Å². The normalized spacial score (nSPS) is 10.6. The molecule has 0 fully saturated rings. The van der Waals surface area contributed by atoms with Crippen molar-refractivity contribution in [3.8, 4) is 11.4 Å². The lowest BCUT2D eigenvalue weighted by Gasteiger charge is -2.00. The molecule has 0 aliphatic rings. The molecule has 0 saturated heterocycles. The summed E-state index contributed by atoms with van der Waals surface area (Å²) in [6.07, 6.45) is 4.10. The Morgan fingerprint density at radius 3 is 2.65 bits per heavy atom. The van der Waals surface area contributed by atoms with E-state index < -0.39 is 5.97 Å². The van der Waals surface area contributed by atoms with Crippen molar-refractivity contribution >= 4 is 12.0 Å². The van der Waals surface area contributed by atoms with Crippen LogP contribution in [-0.4, -0.2) is 21.0 Å². The summed E-state index contributed by atoms with van der Waals surface area (Å²) in [5, 5.41) is 8.53. The summed E-state index contributed by atoms with van der Waals surface area (Å²) in [5.41, 5.74) is 1.47. The van der Waals surface area contributed by atoms with Gasteiger partial charge in [-0.05, 0) is 12.1 Å². The number of hydrogen-bond acceptors (Lipinski definition) is 3. The van der Waals surface area contributed by atoms with Gasteiger partial charge in [-0.3, -0.25) is 0 Å². The molecular formula is C13H10N2O2. The highest BCUT2D eigenvalue weighted by Gasteiger charge is 2.00. The van der Waals surface area contributed by atoms with Gasteiger partial charge < -0.3 is 5.11 Å². The molecule has 0 aliphatic heterocycles. The summed E-state index contributed by atoms with van der Waals surface area (Å²) in [7, 11) is 0. The fourth-order valence-corrected chi connectivity index (χ4v) is 1.35. The quantitative estimate of drug-likeness (QED) is 0.815. The summed E-state index contributed by atoms with van der Waals surface area (Å²) < 4.78 is 0. The zero-order valence-corrected chi connectivity index (χ0v) is 8.95. The second-order valence-electron chi connectivity index (χ2n) is 3.34. The lowest BCUT2D eigenvalue weighted by atomic mass is 10.2. The van der Waals surface area contributed by atoms with Crippen LogP contribution in [0.15, 0.2) is 48.7 Å². The number of hydrogen-bond donors (Lipinski definition) is 1. The molecule has 4 nitrogen and oxygen atoms in total. The average Bonchev–Trinajstić information content (AvgIpc) is 2.38. The van der Waals surface area contributed by atoms with Gasteiger partial charge in [-0.15, -0.1) is 0 Å². The second-order valence-corrected chi connectivity index (χ2v) is 3.34. The number of rotatable bonds is 3. The van der Waals surface area contributed by atoms with Crippen LogP contribution in [0.3, 0.4) is 0 Å². The molecule has 0 radical (unpaired) electrons. The van der Waals surface area contributed by atoms with E-state index in [0.29, 0.717) is 11.5 Å². The minimum absolute atomic E-state index is 0.571. The number of nitrogens with zero attached hydrogens (tertiary/aromatic N) is 2. The van der Waals surface area contributed by atoms with E-state index in [1.54, 1.807) is 12.3 Å². The second kappa shape index (κ2) is 5.03. The van der Waals surface area contributed by atoms with E-state index in [2.05, 4.69) is 9.97 Å². The third-order valence-electron chi connectivity index (χ3n) is 2.11. The highest BCUT2D eigenvalue weighted by atomic mass is 16.4. The number of aromatic nitrogens is 2. The fourth-order valence-electron chi connectivity index (χ4n) is 1.35. The summed E-state index contributed by atoms with van der Waals surface area (Å²) in [6, 6.07) is 11.2. The van der Waals surface area contributed by atoms with Gasteiger partial charge in [0.1, 0.15) is 0 Å². The van der Waals surface area contributed by atoms with E-state index in [1.165, 1.54) is 6.08 Å². The third kappa shape index (κ3) is 2.98. The molecule has 4 heteroatoms. The van der Waals surface area contributed by atoms with Gasteiger partial charge in [-0.25, -0.2) is 14.8 Å². The van der Waals surface area contributed by atoms with Crippen LogP contribution in [0.25, 0.3) is 17.5 Å². The van der Waals surface area contributed by atoms with E-state index in [1.807, 2.05) is 30.3 Å². The van der Waals surface area contributed by atoms with Gasteiger partial charge in [0.2, 0.25) is 0 Å². The molecule has 0 unspecified atom stereocenters. The maximum Gasteiger partial charge on any atom is 0.328 e. The van der Waals surface area contributed by atoms with Crippen molar-refractivity contribution in [2.75, 3.05) is 0 Å². The Labute approximate surface area is 98.3 Å². The van der Waals surface area contributed by atoms with Crippen molar-refractivity contribution < 1.29 is 9.90 Å². The first-order valence-corrected chi connectivity index (χ1v) is 5.05. The largest absolute Gasteiger partial charge is 0.478 e. The molecule has 0 saturated carbocycles. The highest BCUT2D eigenvalue weighted by molar-refractivity contribution is 5.84. The summed E-state index contributed by atoms with van der Waals surface area (Å²) >= 11 is 0. The first-order chi connectivity index (χ1) is 8.25. The van der Waals surface area contributed by atoms with Crippen LogP contribution in [0, 0.1) is 0 Å². The number of aliphatic carboxylic acids is 1. The number of carboxylic acid groups (broad SMARTS) is 1. The van der Waals surface area contributed by atoms with Crippen LogP contribution < -0.4 is 0 Å². The number of carbonyl (C=O) groups is 1. The predicted molar refractivity (Wildman–Crippen MR) is 64.1 cm³/mol. The van der Waals surface area contributed by atoms with Gasteiger partial charge in [0, 0.05) is 17.8 Å². The van der Waals surface area contributed by atoms with Gasteiger partial charge >= 0.3 is 5.97 Å². The average molecular weight is 226 g/mol. The summed E-state index contributed by atoms with van der Waals surface area (Å²) in [4.78, 5) is 18.8. The van der Waals surface area contributed by atoms with E-state index >= 15 is 0 Å². The lowest BCUT2D eigenvalue weighted by molar-refractivity contribution is -0.131. The molecule has 1 heterocycles. The van der Waals surface area contributed by atoms with Gasteiger partial charge in [0.25, 0.3) is 0 Å². The van der Waals surface area contributed by atoms with E-state index in [4.69, 9.17) is 5.11 Å². The monoisotopic (exact) mass is 226 g/mol. The Kier molecular flexibility index (Phi) is 3.25. The standard InChI is InChI=1S/C13H10N2O2/c16-12(17)7-6-11-8-9-14-13(15-11)10-4-2-1-3-5-10/h1-9H,(H,16,17)/b7-6+. The van der Waals surface area contributed by atoms with Crippen molar-refractivity contribution in [1.82, 2.24) is 9.97 Å². The van der Waals surface area contributed by atoms with Gasteiger partial charge in [-0.2, -0.15) is 0 Å². The van der Waals surface area contributed by atoms with Gasteiger partial charge in [-0.1, -0.05) is 30.3 Å². The molecule has 0 spiro atoms. The smallest absolute Gasteiger partial charge is 0.328 e. The molecule has 0 aliphatic carbocycles.